The molecule has 7 heteroatoms. The minimum Gasteiger partial charge on any atom is -0.493 e. The molecular weight excluding hydrogens is 270 g/mol. The van der Waals surface area contributed by atoms with Crippen molar-refractivity contribution >= 4 is 11.8 Å². The van der Waals surface area contributed by atoms with E-state index in [-0.39, 0.29) is 17.3 Å². The fraction of sp³-hybridized carbons (Fsp3) is 0.214. The number of methoxy groups -OCH3 is 1. The summed E-state index contributed by atoms with van der Waals surface area (Å²) in [6.07, 6.45) is 0. The quantitative estimate of drug-likeness (QED) is 0.874. The first-order valence-corrected chi connectivity index (χ1v) is 6.25. The number of anilines is 2. The Morgan fingerprint density at radius 2 is 2.00 bits per heavy atom. The Morgan fingerprint density at radius 1 is 1.24 bits per heavy atom. The standard InChI is InChI=1S/C14H15N5O2/c1-3-21-11-6-8(4-5-10(11)20-2)12-9(7-15)13(16)19-14(17)18-12/h4-6H,3H2,1-2H3,(H4,16,17,18,19). The summed E-state index contributed by atoms with van der Waals surface area (Å²) in [6.45, 7) is 2.35. The summed E-state index contributed by atoms with van der Waals surface area (Å²) in [7, 11) is 1.55. The van der Waals surface area contributed by atoms with Crippen molar-refractivity contribution in [2.24, 2.45) is 0 Å². The summed E-state index contributed by atoms with van der Waals surface area (Å²) >= 11 is 0. The van der Waals surface area contributed by atoms with Crippen LogP contribution in [0.5, 0.6) is 11.5 Å². The van der Waals surface area contributed by atoms with Gasteiger partial charge in [0.25, 0.3) is 0 Å². The molecule has 0 bridgehead atoms. The van der Waals surface area contributed by atoms with Crippen LogP contribution in [0.4, 0.5) is 11.8 Å². The van der Waals surface area contributed by atoms with Gasteiger partial charge in [-0.15, -0.1) is 0 Å². The topological polar surface area (TPSA) is 120 Å². The van der Waals surface area contributed by atoms with Crippen LogP contribution in [0.2, 0.25) is 0 Å². The van der Waals surface area contributed by atoms with E-state index in [1.807, 2.05) is 13.0 Å². The van der Waals surface area contributed by atoms with Gasteiger partial charge in [0.2, 0.25) is 5.95 Å². The molecule has 1 heterocycles. The molecule has 0 aliphatic heterocycles. The summed E-state index contributed by atoms with van der Waals surface area (Å²) in [4.78, 5) is 7.89. The van der Waals surface area contributed by atoms with Gasteiger partial charge in [-0.05, 0) is 25.1 Å². The molecule has 0 saturated carbocycles. The number of nitriles is 1. The zero-order valence-electron chi connectivity index (χ0n) is 11.8. The van der Waals surface area contributed by atoms with Gasteiger partial charge in [-0.1, -0.05) is 0 Å². The van der Waals surface area contributed by atoms with E-state index in [4.69, 9.17) is 20.9 Å². The summed E-state index contributed by atoms with van der Waals surface area (Å²) in [5, 5.41) is 9.22. The molecule has 2 rings (SSSR count). The van der Waals surface area contributed by atoms with Crippen molar-refractivity contribution in [1.29, 1.82) is 5.26 Å². The first kappa shape index (κ1) is 14.4. The lowest BCUT2D eigenvalue weighted by Gasteiger charge is -2.12. The molecule has 0 radical (unpaired) electrons. The normalized spacial score (nSPS) is 9.95. The maximum atomic E-state index is 9.22. The number of rotatable bonds is 4. The van der Waals surface area contributed by atoms with Gasteiger partial charge in [0.15, 0.2) is 11.5 Å². The van der Waals surface area contributed by atoms with Crippen LogP contribution in [0.25, 0.3) is 11.3 Å². The largest absolute Gasteiger partial charge is 0.493 e. The molecule has 21 heavy (non-hydrogen) atoms. The fourth-order valence-electron chi connectivity index (χ4n) is 1.91. The molecule has 1 aromatic carbocycles. The lowest BCUT2D eigenvalue weighted by atomic mass is 10.1. The van der Waals surface area contributed by atoms with Crippen molar-refractivity contribution in [2.45, 2.75) is 6.92 Å². The Morgan fingerprint density at radius 3 is 2.62 bits per heavy atom. The second-order valence-corrected chi connectivity index (χ2v) is 4.10. The third-order valence-corrected chi connectivity index (χ3v) is 2.80. The van der Waals surface area contributed by atoms with Crippen LogP contribution in [0.3, 0.4) is 0 Å². The van der Waals surface area contributed by atoms with E-state index in [0.29, 0.717) is 29.4 Å². The van der Waals surface area contributed by atoms with E-state index in [9.17, 15) is 5.26 Å². The molecule has 0 aliphatic carbocycles. The second kappa shape index (κ2) is 5.96. The Kier molecular flexibility index (Phi) is 4.09. The van der Waals surface area contributed by atoms with Gasteiger partial charge in [-0.3, -0.25) is 0 Å². The number of hydrogen-bond donors (Lipinski definition) is 2. The Hall–Kier alpha value is -3.01. The maximum Gasteiger partial charge on any atom is 0.222 e. The maximum absolute atomic E-state index is 9.22. The summed E-state index contributed by atoms with van der Waals surface area (Å²) < 4.78 is 10.7. The Balaban J connectivity index is 2.62. The van der Waals surface area contributed by atoms with Gasteiger partial charge in [-0.2, -0.15) is 10.2 Å². The molecule has 1 aromatic heterocycles. The molecule has 0 saturated heterocycles. The SMILES string of the molecule is CCOc1cc(-c2nc(N)nc(N)c2C#N)ccc1OC. The van der Waals surface area contributed by atoms with Crippen molar-refractivity contribution in [1.82, 2.24) is 9.97 Å². The molecule has 108 valence electrons. The highest BCUT2D eigenvalue weighted by atomic mass is 16.5. The van der Waals surface area contributed by atoms with E-state index in [2.05, 4.69) is 9.97 Å². The predicted molar refractivity (Wildman–Crippen MR) is 78.7 cm³/mol. The highest BCUT2D eigenvalue weighted by Crippen LogP contribution is 2.34. The van der Waals surface area contributed by atoms with Gasteiger partial charge in [0.1, 0.15) is 17.5 Å². The van der Waals surface area contributed by atoms with E-state index < -0.39 is 0 Å². The number of benzene rings is 1. The molecule has 0 atom stereocenters. The Labute approximate surface area is 122 Å². The fourth-order valence-corrected chi connectivity index (χ4v) is 1.91. The molecular formula is C14H15N5O2. The second-order valence-electron chi connectivity index (χ2n) is 4.10. The minimum atomic E-state index is 0.00952. The molecule has 0 aliphatic rings. The van der Waals surface area contributed by atoms with Crippen LogP contribution in [0.15, 0.2) is 18.2 Å². The summed E-state index contributed by atoms with van der Waals surface area (Å²) in [6, 6.07) is 7.20. The zero-order chi connectivity index (χ0) is 15.4. The third kappa shape index (κ3) is 2.79. The van der Waals surface area contributed by atoms with Gasteiger partial charge in [0.05, 0.1) is 19.4 Å². The van der Waals surface area contributed by atoms with Gasteiger partial charge >= 0.3 is 0 Å². The van der Waals surface area contributed by atoms with Crippen LogP contribution in [0.1, 0.15) is 12.5 Å². The van der Waals surface area contributed by atoms with Crippen molar-refractivity contribution in [3.05, 3.63) is 23.8 Å². The minimum absolute atomic E-state index is 0.00952. The summed E-state index contributed by atoms with van der Waals surface area (Å²) in [5.41, 5.74) is 12.5. The number of nitrogens with zero attached hydrogens (tertiary/aromatic N) is 3. The number of hydrogen-bond acceptors (Lipinski definition) is 7. The van der Waals surface area contributed by atoms with Gasteiger partial charge in [-0.25, -0.2) is 4.98 Å². The van der Waals surface area contributed by atoms with Gasteiger partial charge in [0, 0.05) is 5.56 Å². The van der Waals surface area contributed by atoms with E-state index in [0.717, 1.165) is 0 Å². The van der Waals surface area contributed by atoms with Crippen LogP contribution >= 0.6 is 0 Å². The molecule has 0 unspecified atom stereocenters. The molecule has 0 spiro atoms. The highest BCUT2D eigenvalue weighted by Gasteiger charge is 2.15. The van der Waals surface area contributed by atoms with Crippen molar-refractivity contribution < 1.29 is 9.47 Å². The smallest absolute Gasteiger partial charge is 0.222 e. The molecule has 0 fully saturated rings. The van der Waals surface area contributed by atoms with Crippen LogP contribution in [-0.2, 0) is 0 Å². The van der Waals surface area contributed by atoms with E-state index >= 15 is 0 Å². The van der Waals surface area contributed by atoms with Crippen LogP contribution in [-0.4, -0.2) is 23.7 Å². The van der Waals surface area contributed by atoms with Crippen molar-refractivity contribution in [3.8, 4) is 28.8 Å². The number of nitrogens with two attached hydrogens (primary N) is 2. The lowest BCUT2D eigenvalue weighted by Crippen LogP contribution is -2.05. The molecule has 7 nitrogen and oxygen atoms in total. The lowest BCUT2D eigenvalue weighted by molar-refractivity contribution is 0.311. The van der Waals surface area contributed by atoms with E-state index in [1.54, 1.807) is 25.3 Å². The average molecular weight is 285 g/mol. The van der Waals surface area contributed by atoms with Crippen molar-refractivity contribution in [2.75, 3.05) is 25.2 Å². The summed E-state index contributed by atoms with van der Waals surface area (Å²) in [5.74, 6) is 1.20. The zero-order valence-corrected chi connectivity index (χ0v) is 11.8. The molecule has 2 aromatic rings. The monoisotopic (exact) mass is 285 g/mol. The van der Waals surface area contributed by atoms with Crippen molar-refractivity contribution in [3.63, 3.8) is 0 Å². The molecule has 0 amide bonds. The number of aromatic nitrogens is 2. The van der Waals surface area contributed by atoms with Crippen LogP contribution < -0.4 is 20.9 Å². The highest BCUT2D eigenvalue weighted by molar-refractivity contribution is 5.74. The first-order chi connectivity index (χ1) is 10.1. The van der Waals surface area contributed by atoms with E-state index in [1.165, 1.54) is 0 Å². The number of nitrogen functional groups attached to an aromatic ring is 2. The van der Waals surface area contributed by atoms with Gasteiger partial charge < -0.3 is 20.9 Å². The average Bonchev–Trinajstić information content (AvgIpc) is 2.47. The first-order valence-electron chi connectivity index (χ1n) is 6.25. The molecule has 4 N–H and O–H groups in total. The predicted octanol–water partition coefficient (Wildman–Crippen LogP) is 1.59. The third-order valence-electron chi connectivity index (χ3n) is 2.80. The Bertz CT molecular complexity index is 709. The number of ether oxygens (including phenoxy) is 2. The van der Waals surface area contributed by atoms with Crippen LogP contribution in [0, 0.1) is 11.3 Å².